The summed E-state index contributed by atoms with van der Waals surface area (Å²) in [7, 11) is -4.10. The lowest BCUT2D eigenvalue weighted by Gasteiger charge is -2.15. The smallest absolute Gasteiger partial charge is 0.390 e. The number of aliphatic hydroxyl groups excluding tert-OH is 1. The van der Waals surface area contributed by atoms with E-state index < -0.39 is 26.3 Å². The van der Waals surface area contributed by atoms with Crippen molar-refractivity contribution in [2.45, 2.75) is 22.9 Å². The Balaban J connectivity index is 3.17. The zero-order valence-corrected chi connectivity index (χ0v) is 10.8. The highest BCUT2D eigenvalue weighted by Gasteiger charge is 2.47. The minimum Gasteiger partial charge on any atom is -0.390 e. The lowest BCUT2D eigenvalue weighted by atomic mass is 10.1. The Morgan fingerprint density at radius 2 is 1.89 bits per heavy atom. The van der Waals surface area contributed by atoms with E-state index in [1.54, 1.807) is 0 Å². The number of rotatable bonds is 5. The van der Waals surface area contributed by atoms with Gasteiger partial charge in [-0.3, -0.25) is 0 Å². The van der Waals surface area contributed by atoms with Gasteiger partial charge < -0.3 is 9.84 Å². The van der Waals surface area contributed by atoms with Crippen molar-refractivity contribution in [3.8, 4) is 0 Å². The molecule has 0 saturated carbocycles. The minimum absolute atomic E-state index is 0.0932. The zero-order chi connectivity index (χ0) is 14.7. The Morgan fingerprint density at radius 1 is 1.32 bits per heavy atom. The normalized spacial score (nSPS) is 14.4. The van der Waals surface area contributed by atoms with Crippen LogP contribution in [-0.2, 0) is 21.0 Å². The molecule has 0 aliphatic rings. The number of hydrogen-bond donors (Lipinski definition) is 1. The first-order chi connectivity index (χ1) is 8.70. The number of sulfone groups is 1. The van der Waals surface area contributed by atoms with Crippen LogP contribution < -0.4 is 0 Å². The average Bonchev–Trinajstić information content (AvgIpc) is 2.28. The van der Waals surface area contributed by atoms with E-state index in [1.807, 2.05) is 0 Å². The van der Waals surface area contributed by atoms with Crippen LogP contribution in [0.1, 0.15) is 5.56 Å². The Labute approximate surface area is 108 Å². The highest BCUT2D eigenvalue weighted by atomic mass is 32.2. The molecule has 0 heterocycles. The molecule has 0 amide bonds. The lowest BCUT2D eigenvalue weighted by Crippen LogP contribution is -2.26. The number of alkyl halides is 3. The van der Waals surface area contributed by atoms with Crippen LogP contribution in [-0.4, -0.2) is 38.9 Å². The van der Waals surface area contributed by atoms with Gasteiger partial charge in [-0.25, -0.2) is 8.42 Å². The first kappa shape index (κ1) is 15.9. The molecule has 0 aliphatic heterocycles. The van der Waals surface area contributed by atoms with Gasteiger partial charge in [0, 0.05) is 13.5 Å². The number of methoxy groups -OCH3 is 1. The van der Waals surface area contributed by atoms with Crippen LogP contribution in [0.2, 0.25) is 0 Å². The van der Waals surface area contributed by atoms with Gasteiger partial charge in [0.2, 0.25) is 0 Å². The maximum atomic E-state index is 12.5. The second kappa shape index (κ2) is 5.89. The van der Waals surface area contributed by atoms with E-state index >= 15 is 0 Å². The fourth-order valence-corrected chi connectivity index (χ4v) is 2.57. The third kappa shape index (κ3) is 3.68. The Hall–Kier alpha value is -1.12. The average molecular weight is 298 g/mol. The second-order valence-corrected chi connectivity index (χ2v) is 5.78. The summed E-state index contributed by atoms with van der Waals surface area (Å²) in [5.74, 6) is 0. The molecule has 19 heavy (non-hydrogen) atoms. The highest BCUT2D eigenvalue weighted by Crippen LogP contribution is 2.32. The molecular weight excluding hydrogens is 285 g/mol. The number of ether oxygens (including phenoxy) is 1. The Bertz CT molecular complexity index is 525. The number of aliphatic hydroxyl groups is 1. The molecule has 0 spiro atoms. The van der Waals surface area contributed by atoms with Gasteiger partial charge in [0.15, 0.2) is 0 Å². The van der Waals surface area contributed by atoms with E-state index in [0.717, 1.165) is 6.07 Å². The summed E-state index contributed by atoms with van der Waals surface area (Å²) in [6.45, 7) is -0.0968. The third-order valence-corrected chi connectivity index (χ3v) is 3.97. The Morgan fingerprint density at radius 3 is 2.42 bits per heavy atom. The van der Waals surface area contributed by atoms with E-state index in [-0.39, 0.29) is 18.6 Å². The van der Waals surface area contributed by atoms with Crippen molar-refractivity contribution in [3.05, 3.63) is 29.8 Å². The minimum atomic E-state index is -5.42. The van der Waals surface area contributed by atoms with Crippen molar-refractivity contribution in [1.82, 2.24) is 0 Å². The molecule has 4 nitrogen and oxygen atoms in total. The molecule has 1 atom stereocenters. The predicted octanol–water partition coefficient (Wildman–Crippen LogP) is 1.53. The van der Waals surface area contributed by atoms with Gasteiger partial charge in [-0.1, -0.05) is 18.2 Å². The number of hydrogen-bond acceptors (Lipinski definition) is 4. The van der Waals surface area contributed by atoms with E-state index in [2.05, 4.69) is 4.74 Å². The molecule has 108 valence electrons. The van der Waals surface area contributed by atoms with Gasteiger partial charge in [0.25, 0.3) is 9.84 Å². The van der Waals surface area contributed by atoms with Crippen molar-refractivity contribution in [2.24, 2.45) is 0 Å². The summed E-state index contributed by atoms with van der Waals surface area (Å²) in [6, 6.07) is 4.71. The topological polar surface area (TPSA) is 63.6 Å². The molecule has 0 aromatic heterocycles. The molecule has 1 N–H and O–H groups in total. The van der Waals surface area contributed by atoms with Crippen LogP contribution in [0.4, 0.5) is 13.2 Å². The van der Waals surface area contributed by atoms with Crippen LogP contribution in [0.15, 0.2) is 29.2 Å². The van der Waals surface area contributed by atoms with Crippen LogP contribution in [0.25, 0.3) is 0 Å². The van der Waals surface area contributed by atoms with Crippen molar-refractivity contribution in [3.63, 3.8) is 0 Å². The van der Waals surface area contributed by atoms with Crippen LogP contribution in [0.5, 0.6) is 0 Å². The van der Waals surface area contributed by atoms with E-state index in [0.29, 0.717) is 0 Å². The maximum Gasteiger partial charge on any atom is 0.501 e. The lowest BCUT2D eigenvalue weighted by molar-refractivity contribution is -0.0436. The predicted molar refractivity (Wildman–Crippen MR) is 61.3 cm³/mol. The Kier molecular flexibility index (Phi) is 4.94. The van der Waals surface area contributed by atoms with Crippen molar-refractivity contribution in [1.29, 1.82) is 0 Å². The number of benzene rings is 1. The van der Waals surface area contributed by atoms with E-state index in [9.17, 15) is 26.7 Å². The maximum absolute atomic E-state index is 12.5. The van der Waals surface area contributed by atoms with Gasteiger partial charge in [0.05, 0.1) is 17.6 Å². The van der Waals surface area contributed by atoms with Crippen LogP contribution in [0, 0.1) is 0 Å². The molecule has 1 unspecified atom stereocenters. The van der Waals surface area contributed by atoms with Gasteiger partial charge in [-0.15, -0.1) is 0 Å². The van der Waals surface area contributed by atoms with Crippen molar-refractivity contribution in [2.75, 3.05) is 13.7 Å². The van der Waals surface area contributed by atoms with Crippen LogP contribution >= 0.6 is 0 Å². The molecule has 1 aromatic rings. The molecule has 0 saturated heterocycles. The van der Waals surface area contributed by atoms with Gasteiger partial charge in [0.1, 0.15) is 0 Å². The quantitative estimate of drug-likeness (QED) is 0.895. The molecule has 1 aromatic carbocycles. The van der Waals surface area contributed by atoms with E-state index in [1.165, 1.54) is 25.3 Å². The first-order valence-corrected chi connectivity index (χ1v) is 6.74. The SMILES string of the molecule is COCC(O)Cc1ccccc1S(=O)(=O)C(F)(F)F. The molecule has 0 radical (unpaired) electrons. The van der Waals surface area contributed by atoms with E-state index in [4.69, 9.17) is 0 Å². The molecule has 0 fully saturated rings. The fraction of sp³-hybridized carbons (Fsp3) is 0.455. The third-order valence-electron chi connectivity index (χ3n) is 2.38. The monoisotopic (exact) mass is 298 g/mol. The van der Waals surface area contributed by atoms with Crippen molar-refractivity contribution < 1.29 is 31.4 Å². The second-order valence-electron chi connectivity index (χ2n) is 3.87. The summed E-state index contributed by atoms with van der Waals surface area (Å²) in [5, 5.41) is 9.49. The molecule has 0 bridgehead atoms. The fourth-order valence-electron chi connectivity index (χ4n) is 1.56. The summed E-state index contributed by atoms with van der Waals surface area (Å²) >= 11 is 0. The molecule has 0 aliphatic carbocycles. The first-order valence-electron chi connectivity index (χ1n) is 5.26. The molecule has 8 heteroatoms. The summed E-state index contributed by atoms with van der Waals surface area (Å²) < 4.78 is 64.9. The molecular formula is C11H13F3O4S. The highest BCUT2D eigenvalue weighted by molar-refractivity contribution is 7.92. The summed E-state index contributed by atoms with van der Waals surface area (Å²) in [6.07, 6.45) is -1.31. The van der Waals surface area contributed by atoms with Crippen LogP contribution in [0.3, 0.4) is 0 Å². The van der Waals surface area contributed by atoms with Gasteiger partial charge in [-0.05, 0) is 11.6 Å². The van der Waals surface area contributed by atoms with Gasteiger partial charge in [-0.2, -0.15) is 13.2 Å². The summed E-state index contributed by atoms with van der Waals surface area (Å²) in [5.41, 5.74) is -5.46. The molecule has 1 rings (SSSR count). The van der Waals surface area contributed by atoms with Gasteiger partial charge >= 0.3 is 5.51 Å². The summed E-state index contributed by atoms with van der Waals surface area (Å²) in [4.78, 5) is -0.836. The zero-order valence-electron chi connectivity index (χ0n) is 10.0. The van der Waals surface area contributed by atoms with Crippen molar-refractivity contribution >= 4 is 9.84 Å². The standard InChI is InChI=1S/C11H13F3O4S/c1-18-7-9(15)6-8-4-2-3-5-10(8)19(16,17)11(12,13)14/h2-5,9,15H,6-7H2,1H3. The largest absolute Gasteiger partial charge is 0.501 e. The number of halogens is 3.